The normalized spacial score (nSPS) is 12.1. The van der Waals surface area contributed by atoms with Crippen LogP contribution in [0.4, 0.5) is 0 Å². The number of carbonyl (C=O) groups is 2. The highest BCUT2D eigenvalue weighted by Gasteiger charge is 2.21. The van der Waals surface area contributed by atoms with Crippen LogP contribution in [0.15, 0.2) is 24.8 Å². The van der Waals surface area contributed by atoms with Crippen molar-refractivity contribution in [1.29, 1.82) is 0 Å². The fraction of sp³-hybridized carbons (Fsp3) is 0.833. The van der Waals surface area contributed by atoms with E-state index in [9.17, 15) is 14.7 Å². The number of carbonyl (C=O) groups excluding carboxylic acids is 1. The highest BCUT2D eigenvalue weighted by atomic mass is 16.5. The van der Waals surface area contributed by atoms with Gasteiger partial charge in [-0.2, -0.15) is 0 Å². The highest BCUT2D eigenvalue weighted by Crippen LogP contribution is 2.18. The Balaban J connectivity index is 3.33. The van der Waals surface area contributed by atoms with E-state index in [2.05, 4.69) is 25.7 Å². The molecule has 0 radical (unpaired) electrons. The van der Waals surface area contributed by atoms with E-state index in [4.69, 9.17) is 4.74 Å². The Morgan fingerprint density at radius 3 is 1.38 bits per heavy atom. The third kappa shape index (κ3) is 29.4. The quantitative estimate of drug-likeness (QED) is 0.0503. The molecule has 0 aromatic rings. The number of aliphatic carboxylic acids is 1. The molecule has 0 spiro atoms. The monoisotopic (exact) mass is 562 g/mol. The van der Waals surface area contributed by atoms with E-state index in [0.717, 1.165) is 19.3 Å². The standard InChI is InChI=1S/C36H66O4/c1-3-5-6-7-8-9-10-11-12-13-14-15-16-17-18-19-20-21-22-23-24-25-26-27-28-29-30-31-34(36(38)39)33-35(37)40-32-4-2/h4,17-18,34H,2-3,5-16,19-33H2,1H3,(H,38,39)/b18-17+. The van der Waals surface area contributed by atoms with Gasteiger partial charge in [0.15, 0.2) is 0 Å². The third-order valence-corrected chi connectivity index (χ3v) is 7.94. The first-order valence-electron chi connectivity index (χ1n) is 17.3. The Labute approximate surface area is 248 Å². The largest absolute Gasteiger partial charge is 0.481 e. The maximum absolute atomic E-state index is 11.6. The molecule has 0 heterocycles. The third-order valence-electron chi connectivity index (χ3n) is 7.94. The lowest BCUT2D eigenvalue weighted by atomic mass is 9.97. The van der Waals surface area contributed by atoms with E-state index in [1.165, 1.54) is 147 Å². The SMILES string of the molecule is C=CCOC(=O)CC(CCCCCCCCCCCCC/C=C/CCCCCCCCCCCCCC)C(=O)O. The number of carboxylic acid groups (broad SMARTS) is 1. The van der Waals surface area contributed by atoms with E-state index in [-0.39, 0.29) is 13.0 Å². The van der Waals surface area contributed by atoms with Crippen molar-refractivity contribution in [3.8, 4) is 0 Å². The smallest absolute Gasteiger partial charge is 0.307 e. The molecule has 1 unspecified atom stereocenters. The van der Waals surface area contributed by atoms with Crippen molar-refractivity contribution in [3.63, 3.8) is 0 Å². The fourth-order valence-electron chi connectivity index (χ4n) is 5.31. The number of ether oxygens (including phenoxy) is 1. The van der Waals surface area contributed by atoms with E-state index in [1.807, 2.05) is 0 Å². The van der Waals surface area contributed by atoms with Crippen molar-refractivity contribution in [3.05, 3.63) is 24.8 Å². The van der Waals surface area contributed by atoms with Crippen molar-refractivity contribution in [1.82, 2.24) is 0 Å². The van der Waals surface area contributed by atoms with Crippen LogP contribution in [0.1, 0.15) is 180 Å². The average molecular weight is 563 g/mol. The minimum Gasteiger partial charge on any atom is -0.481 e. The van der Waals surface area contributed by atoms with E-state index >= 15 is 0 Å². The summed E-state index contributed by atoms with van der Waals surface area (Å²) in [6, 6.07) is 0. The Morgan fingerprint density at radius 2 is 1.00 bits per heavy atom. The summed E-state index contributed by atoms with van der Waals surface area (Å²) in [5.41, 5.74) is 0. The summed E-state index contributed by atoms with van der Waals surface area (Å²) in [5, 5.41) is 9.31. The van der Waals surface area contributed by atoms with E-state index in [1.54, 1.807) is 0 Å². The zero-order chi connectivity index (χ0) is 29.4. The summed E-state index contributed by atoms with van der Waals surface area (Å²) in [6.45, 7) is 5.92. The lowest BCUT2D eigenvalue weighted by Gasteiger charge is -2.11. The summed E-state index contributed by atoms with van der Waals surface area (Å²) < 4.78 is 4.91. The van der Waals surface area contributed by atoms with Crippen LogP contribution in [-0.4, -0.2) is 23.7 Å². The van der Waals surface area contributed by atoms with Gasteiger partial charge in [-0.15, -0.1) is 0 Å². The average Bonchev–Trinajstić information content (AvgIpc) is 2.94. The molecule has 4 heteroatoms. The maximum Gasteiger partial charge on any atom is 0.307 e. The molecule has 0 saturated carbocycles. The number of hydrogen-bond acceptors (Lipinski definition) is 3. The van der Waals surface area contributed by atoms with Gasteiger partial charge < -0.3 is 9.84 Å². The molecular weight excluding hydrogens is 496 g/mol. The Hall–Kier alpha value is -1.58. The lowest BCUT2D eigenvalue weighted by Crippen LogP contribution is -2.19. The summed E-state index contributed by atoms with van der Waals surface area (Å²) >= 11 is 0. The molecular formula is C36H66O4. The van der Waals surface area contributed by atoms with Gasteiger partial charge >= 0.3 is 11.9 Å². The molecule has 4 nitrogen and oxygen atoms in total. The predicted octanol–water partition coefficient (Wildman–Crippen LogP) is 11.5. The molecule has 1 N–H and O–H groups in total. The summed E-state index contributed by atoms with van der Waals surface area (Å²) in [4.78, 5) is 23.0. The summed E-state index contributed by atoms with van der Waals surface area (Å²) in [7, 11) is 0. The van der Waals surface area contributed by atoms with Crippen LogP contribution in [0.3, 0.4) is 0 Å². The van der Waals surface area contributed by atoms with Gasteiger partial charge in [-0.25, -0.2) is 0 Å². The molecule has 0 aliphatic carbocycles. The summed E-state index contributed by atoms with van der Waals surface area (Å²) in [6.07, 6.45) is 40.0. The minimum atomic E-state index is -0.901. The molecule has 0 rings (SSSR count). The van der Waals surface area contributed by atoms with Crippen LogP contribution in [0, 0.1) is 5.92 Å². The fourth-order valence-corrected chi connectivity index (χ4v) is 5.31. The van der Waals surface area contributed by atoms with Gasteiger partial charge in [0.05, 0.1) is 12.3 Å². The molecule has 0 amide bonds. The highest BCUT2D eigenvalue weighted by molar-refractivity contribution is 5.78. The molecule has 0 saturated heterocycles. The van der Waals surface area contributed by atoms with Gasteiger partial charge in [0, 0.05) is 0 Å². The zero-order valence-electron chi connectivity index (χ0n) is 26.5. The number of hydrogen-bond donors (Lipinski definition) is 1. The number of esters is 1. The van der Waals surface area contributed by atoms with Crippen LogP contribution in [0.25, 0.3) is 0 Å². The second kappa shape index (κ2) is 31.9. The van der Waals surface area contributed by atoms with Gasteiger partial charge in [-0.3, -0.25) is 9.59 Å². The number of allylic oxidation sites excluding steroid dienone is 2. The zero-order valence-corrected chi connectivity index (χ0v) is 26.5. The van der Waals surface area contributed by atoms with Crippen LogP contribution in [0.2, 0.25) is 0 Å². The van der Waals surface area contributed by atoms with Gasteiger partial charge in [-0.1, -0.05) is 167 Å². The first-order valence-corrected chi connectivity index (χ1v) is 17.3. The molecule has 0 fully saturated rings. The topological polar surface area (TPSA) is 63.6 Å². The summed E-state index contributed by atoms with van der Waals surface area (Å²) in [5.74, 6) is -1.98. The molecule has 0 aromatic heterocycles. The molecule has 0 aromatic carbocycles. The maximum atomic E-state index is 11.6. The first-order chi connectivity index (χ1) is 19.6. The molecule has 1 atom stereocenters. The Kier molecular flexibility index (Phi) is 30.7. The van der Waals surface area contributed by atoms with Crippen LogP contribution in [-0.2, 0) is 14.3 Å². The number of rotatable bonds is 32. The van der Waals surface area contributed by atoms with Gasteiger partial charge in [0.25, 0.3) is 0 Å². The molecule has 0 bridgehead atoms. The Bertz CT molecular complexity index is 598. The number of carboxylic acids is 1. The molecule has 0 aliphatic heterocycles. The second-order valence-electron chi connectivity index (χ2n) is 11.8. The predicted molar refractivity (Wildman–Crippen MR) is 172 cm³/mol. The van der Waals surface area contributed by atoms with E-state index in [0.29, 0.717) is 6.42 Å². The van der Waals surface area contributed by atoms with Crippen molar-refractivity contribution in [2.24, 2.45) is 5.92 Å². The lowest BCUT2D eigenvalue weighted by molar-refractivity contribution is -0.151. The van der Waals surface area contributed by atoms with Crippen molar-refractivity contribution >= 4 is 11.9 Å². The number of unbranched alkanes of at least 4 members (excludes halogenated alkanes) is 23. The minimum absolute atomic E-state index is 0.0427. The Morgan fingerprint density at radius 1 is 0.625 bits per heavy atom. The van der Waals surface area contributed by atoms with Crippen molar-refractivity contribution < 1.29 is 19.4 Å². The van der Waals surface area contributed by atoms with Gasteiger partial charge in [0.2, 0.25) is 0 Å². The van der Waals surface area contributed by atoms with Crippen molar-refractivity contribution in [2.75, 3.05) is 6.61 Å². The van der Waals surface area contributed by atoms with Gasteiger partial charge in [0.1, 0.15) is 6.61 Å². The first kappa shape index (κ1) is 38.4. The molecule has 40 heavy (non-hydrogen) atoms. The van der Waals surface area contributed by atoms with Crippen molar-refractivity contribution in [2.45, 2.75) is 180 Å². The van der Waals surface area contributed by atoms with Crippen LogP contribution < -0.4 is 0 Å². The molecule has 234 valence electrons. The van der Waals surface area contributed by atoms with Gasteiger partial charge in [-0.05, 0) is 32.1 Å². The van der Waals surface area contributed by atoms with Crippen LogP contribution in [0.5, 0.6) is 0 Å². The second-order valence-corrected chi connectivity index (χ2v) is 11.8. The molecule has 0 aliphatic rings. The van der Waals surface area contributed by atoms with Crippen LogP contribution >= 0.6 is 0 Å². The van der Waals surface area contributed by atoms with E-state index < -0.39 is 17.9 Å².